The van der Waals surface area contributed by atoms with Gasteiger partial charge < -0.3 is 15.4 Å². The topological polar surface area (TPSA) is 96.5 Å². The van der Waals surface area contributed by atoms with Crippen LogP contribution in [-0.2, 0) is 14.8 Å². The third kappa shape index (κ3) is 8.17. The lowest BCUT2D eigenvalue weighted by atomic mass is 10.3. The molecule has 0 unspecified atom stereocenters. The summed E-state index contributed by atoms with van der Waals surface area (Å²) in [6.07, 6.45) is 0.0972. The third-order valence-electron chi connectivity index (χ3n) is 2.79. The summed E-state index contributed by atoms with van der Waals surface area (Å²) in [7, 11) is -1.82. The van der Waals surface area contributed by atoms with E-state index in [1.54, 1.807) is 19.2 Å². The molecule has 0 spiro atoms. The van der Waals surface area contributed by atoms with Crippen molar-refractivity contribution in [3.8, 4) is 5.75 Å². The number of carbonyl (C=O) groups is 1. The first-order valence-electron chi connectivity index (χ1n) is 7.13. The zero-order valence-corrected chi connectivity index (χ0v) is 14.9. The molecule has 3 N–H and O–H groups in total. The Labute approximate surface area is 143 Å². The molecule has 0 saturated heterocycles. The summed E-state index contributed by atoms with van der Waals surface area (Å²) in [5.41, 5.74) is 0. The fraction of sp³-hybridized carbons (Fsp3) is 0.500. The van der Waals surface area contributed by atoms with Crippen LogP contribution < -0.4 is 20.1 Å². The van der Waals surface area contributed by atoms with Crippen molar-refractivity contribution in [3.05, 3.63) is 24.3 Å². The number of halogens is 1. The molecule has 1 amide bonds. The molecule has 0 radical (unpaired) electrons. The van der Waals surface area contributed by atoms with Crippen molar-refractivity contribution in [3.63, 3.8) is 0 Å². The quantitative estimate of drug-likeness (QED) is 0.525. The van der Waals surface area contributed by atoms with Crippen molar-refractivity contribution < 1.29 is 17.9 Å². The molecule has 0 atom stereocenters. The number of hydrogen-bond acceptors (Lipinski definition) is 5. The van der Waals surface area contributed by atoms with Gasteiger partial charge in [-0.25, -0.2) is 13.1 Å². The number of likely N-dealkylation sites (N-methyl/N-ethyl adjacent to an activating group) is 1. The minimum Gasteiger partial charge on any atom is -0.494 e. The SMILES string of the molecule is CCOc1ccc(S(=O)(=O)NCCC(=O)NCCNC)cc1.Cl. The number of benzene rings is 1. The average Bonchev–Trinajstić information content (AvgIpc) is 2.48. The zero-order valence-electron chi connectivity index (χ0n) is 13.3. The van der Waals surface area contributed by atoms with Gasteiger partial charge >= 0.3 is 0 Å². The molecule has 23 heavy (non-hydrogen) atoms. The van der Waals surface area contributed by atoms with Crippen molar-refractivity contribution in [2.75, 3.05) is 33.3 Å². The Kier molecular flexibility index (Phi) is 10.6. The molecule has 1 aromatic rings. The molecular weight excluding hydrogens is 342 g/mol. The largest absolute Gasteiger partial charge is 0.494 e. The van der Waals surface area contributed by atoms with Gasteiger partial charge in [-0.3, -0.25) is 4.79 Å². The van der Waals surface area contributed by atoms with Crippen LogP contribution >= 0.6 is 12.4 Å². The van der Waals surface area contributed by atoms with E-state index >= 15 is 0 Å². The lowest BCUT2D eigenvalue weighted by Gasteiger charge is -2.08. The smallest absolute Gasteiger partial charge is 0.240 e. The van der Waals surface area contributed by atoms with Crippen LogP contribution in [0.1, 0.15) is 13.3 Å². The lowest BCUT2D eigenvalue weighted by molar-refractivity contribution is -0.120. The van der Waals surface area contributed by atoms with Crippen LogP contribution in [0.2, 0.25) is 0 Å². The maximum Gasteiger partial charge on any atom is 0.240 e. The summed E-state index contributed by atoms with van der Waals surface area (Å²) in [6, 6.07) is 6.14. The van der Waals surface area contributed by atoms with Crippen LogP contribution in [0.25, 0.3) is 0 Å². The minimum absolute atomic E-state index is 0. The van der Waals surface area contributed by atoms with E-state index in [0.717, 1.165) is 0 Å². The highest BCUT2D eigenvalue weighted by atomic mass is 35.5. The van der Waals surface area contributed by atoms with Gasteiger partial charge in [0.1, 0.15) is 5.75 Å². The monoisotopic (exact) mass is 365 g/mol. The van der Waals surface area contributed by atoms with E-state index in [0.29, 0.717) is 25.4 Å². The van der Waals surface area contributed by atoms with Crippen LogP contribution in [0.15, 0.2) is 29.2 Å². The highest BCUT2D eigenvalue weighted by Gasteiger charge is 2.14. The maximum atomic E-state index is 12.0. The molecule has 1 rings (SSSR count). The highest BCUT2D eigenvalue weighted by Crippen LogP contribution is 2.15. The number of hydrogen-bond donors (Lipinski definition) is 3. The number of nitrogens with one attached hydrogen (secondary N) is 3. The van der Waals surface area contributed by atoms with Gasteiger partial charge in [-0.1, -0.05) is 0 Å². The fourth-order valence-corrected chi connectivity index (χ4v) is 2.71. The predicted octanol–water partition coefficient (Wildman–Crippen LogP) is 0.511. The molecule has 0 heterocycles. The van der Waals surface area contributed by atoms with Crippen molar-refractivity contribution in [1.29, 1.82) is 0 Å². The number of rotatable bonds is 10. The molecule has 0 bridgehead atoms. The summed E-state index contributed by atoms with van der Waals surface area (Å²) in [6.45, 7) is 3.62. The van der Waals surface area contributed by atoms with Gasteiger partial charge in [-0.2, -0.15) is 0 Å². The van der Waals surface area contributed by atoms with Crippen molar-refractivity contribution in [1.82, 2.24) is 15.4 Å². The Bertz CT molecular complexity index is 564. The van der Waals surface area contributed by atoms with Crippen LogP contribution in [0.4, 0.5) is 0 Å². The van der Waals surface area contributed by atoms with Gasteiger partial charge in [0.2, 0.25) is 15.9 Å². The molecule has 1 aromatic carbocycles. The number of ether oxygens (including phenoxy) is 1. The van der Waals surface area contributed by atoms with E-state index in [9.17, 15) is 13.2 Å². The van der Waals surface area contributed by atoms with Crippen LogP contribution in [0.3, 0.4) is 0 Å². The fourth-order valence-electron chi connectivity index (χ4n) is 1.68. The van der Waals surface area contributed by atoms with Crippen LogP contribution in [0.5, 0.6) is 5.75 Å². The van der Waals surface area contributed by atoms with Crippen LogP contribution in [-0.4, -0.2) is 47.6 Å². The van der Waals surface area contributed by atoms with Crippen molar-refractivity contribution in [2.24, 2.45) is 0 Å². The normalized spacial score (nSPS) is 10.7. The summed E-state index contributed by atoms with van der Waals surface area (Å²) in [5.74, 6) is 0.426. The second-order valence-corrected chi connectivity index (χ2v) is 6.27. The highest BCUT2D eigenvalue weighted by molar-refractivity contribution is 7.89. The second-order valence-electron chi connectivity index (χ2n) is 4.51. The number of sulfonamides is 1. The third-order valence-corrected chi connectivity index (χ3v) is 4.26. The lowest BCUT2D eigenvalue weighted by Crippen LogP contribution is -2.33. The van der Waals surface area contributed by atoms with E-state index in [1.165, 1.54) is 12.1 Å². The molecule has 0 aromatic heterocycles. The first-order chi connectivity index (χ1) is 10.5. The Hall–Kier alpha value is -1.35. The predicted molar refractivity (Wildman–Crippen MR) is 91.6 cm³/mol. The van der Waals surface area contributed by atoms with E-state index in [1.807, 2.05) is 6.92 Å². The summed E-state index contributed by atoms with van der Waals surface area (Å²) < 4.78 is 31.8. The van der Waals surface area contributed by atoms with Gasteiger partial charge in [0, 0.05) is 26.1 Å². The Morgan fingerprint density at radius 3 is 2.35 bits per heavy atom. The minimum atomic E-state index is -3.61. The van der Waals surface area contributed by atoms with E-state index in [4.69, 9.17) is 4.74 Å². The molecule has 0 fully saturated rings. The average molecular weight is 366 g/mol. The molecule has 0 aliphatic rings. The summed E-state index contributed by atoms with van der Waals surface area (Å²) >= 11 is 0. The van der Waals surface area contributed by atoms with Gasteiger partial charge in [0.25, 0.3) is 0 Å². The molecule has 0 aliphatic carbocycles. The Morgan fingerprint density at radius 1 is 1.13 bits per heavy atom. The molecule has 0 saturated carbocycles. The maximum absolute atomic E-state index is 12.0. The first kappa shape index (κ1) is 21.6. The van der Waals surface area contributed by atoms with E-state index < -0.39 is 10.0 Å². The Balaban J connectivity index is 0.00000484. The molecule has 132 valence electrons. The van der Waals surface area contributed by atoms with E-state index in [-0.39, 0.29) is 36.2 Å². The molecular formula is C14H24ClN3O4S. The first-order valence-corrected chi connectivity index (χ1v) is 8.61. The number of amides is 1. The second kappa shape index (κ2) is 11.2. The molecule has 9 heteroatoms. The molecule has 7 nitrogen and oxygen atoms in total. The standard InChI is InChI=1S/C14H23N3O4S.ClH/c1-3-21-12-4-6-13(7-5-12)22(19,20)17-9-8-14(18)16-11-10-15-2;/h4-7,15,17H,3,8-11H2,1-2H3,(H,16,18);1H. The summed E-state index contributed by atoms with van der Waals surface area (Å²) in [5, 5.41) is 5.58. The van der Waals surface area contributed by atoms with Gasteiger partial charge in [0.05, 0.1) is 11.5 Å². The number of carbonyl (C=O) groups excluding carboxylic acids is 1. The Morgan fingerprint density at radius 2 is 1.78 bits per heavy atom. The van der Waals surface area contributed by atoms with Crippen molar-refractivity contribution >= 4 is 28.3 Å². The van der Waals surface area contributed by atoms with E-state index in [2.05, 4.69) is 15.4 Å². The van der Waals surface area contributed by atoms with Gasteiger partial charge in [-0.05, 0) is 38.2 Å². The van der Waals surface area contributed by atoms with Gasteiger partial charge in [0.15, 0.2) is 0 Å². The van der Waals surface area contributed by atoms with Crippen molar-refractivity contribution in [2.45, 2.75) is 18.2 Å². The van der Waals surface area contributed by atoms with Crippen LogP contribution in [0, 0.1) is 0 Å². The zero-order chi connectivity index (χ0) is 16.4. The van der Waals surface area contributed by atoms with Gasteiger partial charge in [-0.15, -0.1) is 12.4 Å². The molecule has 0 aliphatic heterocycles. The summed E-state index contributed by atoms with van der Waals surface area (Å²) in [4.78, 5) is 11.6.